The monoisotopic (exact) mass is 381 g/mol. The highest BCUT2D eigenvalue weighted by Gasteiger charge is 2.09. The van der Waals surface area contributed by atoms with Gasteiger partial charge >= 0.3 is 0 Å². The zero-order valence-corrected chi connectivity index (χ0v) is 15.7. The van der Waals surface area contributed by atoms with Crippen LogP contribution in [0.15, 0.2) is 66.3 Å². The minimum absolute atomic E-state index is 0.348. The highest BCUT2D eigenvalue weighted by molar-refractivity contribution is 6.03. The number of ether oxygens (including phenoxy) is 2. The molecule has 0 spiro atoms. The van der Waals surface area contributed by atoms with Gasteiger partial charge in [-0.1, -0.05) is 24.8 Å². The lowest BCUT2D eigenvalue weighted by molar-refractivity contribution is -0.126. The third-order valence-electron chi connectivity index (χ3n) is 3.44. The fourth-order valence-corrected chi connectivity index (χ4v) is 2.23. The smallest absolute Gasteiger partial charge is 0.249 e. The summed E-state index contributed by atoms with van der Waals surface area (Å²) in [5, 5.41) is 6.52. The van der Waals surface area contributed by atoms with Gasteiger partial charge in [0.2, 0.25) is 11.8 Å². The van der Waals surface area contributed by atoms with E-state index in [0.29, 0.717) is 36.0 Å². The number of nitrogens with one attached hydrogen (secondary N) is 2. The molecule has 2 rings (SSSR count). The van der Waals surface area contributed by atoms with Crippen molar-refractivity contribution < 1.29 is 19.1 Å². The topological polar surface area (TPSA) is 89.0 Å². The summed E-state index contributed by atoms with van der Waals surface area (Å²) in [7, 11) is 0. The van der Waals surface area contributed by atoms with E-state index in [1.807, 2.05) is 19.1 Å². The van der Waals surface area contributed by atoms with E-state index in [1.165, 1.54) is 6.21 Å². The first-order chi connectivity index (χ1) is 13.6. The molecule has 0 fully saturated rings. The second-order valence-corrected chi connectivity index (χ2v) is 5.61. The van der Waals surface area contributed by atoms with E-state index in [-0.39, 0.29) is 6.42 Å². The van der Waals surface area contributed by atoms with E-state index in [4.69, 9.17) is 9.47 Å². The molecule has 0 unspecified atom stereocenters. The zero-order chi connectivity index (χ0) is 20.2. The van der Waals surface area contributed by atoms with Crippen LogP contribution in [-0.4, -0.2) is 31.2 Å². The number of benzene rings is 2. The van der Waals surface area contributed by atoms with Crippen molar-refractivity contribution in [2.24, 2.45) is 5.10 Å². The summed E-state index contributed by atoms with van der Waals surface area (Å²) >= 11 is 0. The van der Waals surface area contributed by atoms with Gasteiger partial charge in [0.15, 0.2) is 0 Å². The van der Waals surface area contributed by atoms with Gasteiger partial charge in [0.05, 0.1) is 12.8 Å². The third-order valence-corrected chi connectivity index (χ3v) is 3.44. The predicted molar refractivity (Wildman–Crippen MR) is 109 cm³/mol. The van der Waals surface area contributed by atoms with Gasteiger partial charge in [0.1, 0.15) is 24.5 Å². The minimum atomic E-state index is -0.524. The molecule has 0 saturated carbocycles. The quantitative estimate of drug-likeness (QED) is 0.286. The van der Waals surface area contributed by atoms with Crippen LogP contribution >= 0.6 is 0 Å². The van der Waals surface area contributed by atoms with E-state index in [2.05, 4.69) is 22.4 Å². The molecule has 2 aromatic rings. The number of nitrogens with zero attached hydrogens (tertiary/aromatic N) is 1. The van der Waals surface area contributed by atoms with Gasteiger partial charge in [-0.2, -0.15) is 5.10 Å². The van der Waals surface area contributed by atoms with Gasteiger partial charge in [-0.15, -0.1) is 0 Å². The lowest BCUT2D eigenvalue weighted by Crippen LogP contribution is -2.24. The van der Waals surface area contributed by atoms with Crippen LogP contribution in [0.4, 0.5) is 5.69 Å². The molecule has 2 N–H and O–H groups in total. The molecule has 0 heterocycles. The van der Waals surface area contributed by atoms with Crippen molar-refractivity contribution in [1.29, 1.82) is 0 Å². The van der Waals surface area contributed by atoms with Crippen molar-refractivity contribution in [3.05, 3.63) is 66.7 Å². The van der Waals surface area contributed by atoms with Crippen LogP contribution in [0.25, 0.3) is 0 Å². The molecule has 28 heavy (non-hydrogen) atoms. The second kappa shape index (κ2) is 11.2. The van der Waals surface area contributed by atoms with Gasteiger partial charge in [-0.3, -0.25) is 9.59 Å². The van der Waals surface area contributed by atoms with Gasteiger partial charge in [-0.25, -0.2) is 5.43 Å². The third kappa shape index (κ3) is 6.95. The summed E-state index contributed by atoms with van der Waals surface area (Å²) in [4.78, 5) is 23.8. The summed E-state index contributed by atoms with van der Waals surface area (Å²) < 4.78 is 10.8. The number of hydrogen-bond acceptors (Lipinski definition) is 5. The summed E-state index contributed by atoms with van der Waals surface area (Å²) in [6, 6.07) is 14.2. The number of para-hydroxylation sites is 1. The summed E-state index contributed by atoms with van der Waals surface area (Å²) in [6.45, 7) is 6.42. The van der Waals surface area contributed by atoms with Crippen molar-refractivity contribution in [2.45, 2.75) is 13.3 Å². The number of rotatable bonds is 10. The molecular formula is C21H23N3O4. The zero-order valence-electron chi connectivity index (χ0n) is 15.7. The van der Waals surface area contributed by atoms with Crippen LogP contribution < -0.4 is 20.2 Å². The molecule has 2 aromatic carbocycles. The molecule has 0 aromatic heterocycles. The SMILES string of the molecule is C=CCOc1ccccc1C=NNC(=O)CC(=O)Nc1ccc(OCC)cc1. The number of carbonyl (C=O) groups is 2. The van der Waals surface area contributed by atoms with Crippen LogP contribution in [0.3, 0.4) is 0 Å². The highest BCUT2D eigenvalue weighted by Crippen LogP contribution is 2.16. The normalized spacial score (nSPS) is 10.3. The molecular weight excluding hydrogens is 358 g/mol. The lowest BCUT2D eigenvalue weighted by atomic mass is 10.2. The minimum Gasteiger partial charge on any atom is -0.494 e. The lowest BCUT2D eigenvalue weighted by Gasteiger charge is -2.07. The standard InChI is InChI=1S/C21H23N3O4/c1-3-13-28-19-8-6-5-7-16(19)15-22-24-21(26)14-20(25)23-17-9-11-18(12-10-17)27-4-2/h3,5-12,15H,1,4,13-14H2,2H3,(H,23,25)(H,24,26). The largest absolute Gasteiger partial charge is 0.494 e. The fraction of sp³-hybridized carbons (Fsp3) is 0.190. The van der Waals surface area contributed by atoms with Gasteiger partial charge in [-0.05, 0) is 43.3 Å². The number of carbonyl (C=O) groups excluding carboxylic acids is 2. The highest BCUT2D eigenvalue weighted by atomic mass is 16.5. The molecule has 0 aliphatic carbocycles. The van der Waals surface area contributed by atoms with Gasteiger partial charge in [0.25, 0.3) is 0 Å². The number of hydrogen-bond donors (Lipinski definition) is 2. The van der Waals surface area contributed by atoms with E-state index >= 15 is 0 Å². The van der Waals surface area contributed by atoms with Crippen molar-refractivity contribution in [1.82, 2.24) is 5.43 Å². The molecule has 0 radical (unpaired) electrons. The summed E-state index contributed by atoms with van der Waals surface area (Å²) in [5.74, 6) is 0.370. The number of hydrazone groups is 1. The average molecular weight is 381 g/mol. The number of anilines is 1. The second-order valence-electron chi connectivity index (χ2n) is 5.61. The van der Waals surface area contributed by atoms with Crippen LogP contribution in [0.2, 0.25) is 0 Å². The Bertz CT molecular complexity index is 832. The van der Waals surface area contributed by atoms with E-state index in [0.717, 1.165) is 0 Å². The first-order valence-corrected chi connectivity index (χ1v) is 8.79. The Morgan fingerprint density at radius 2 is 1.82 bits per heavy atom. The maximum atomic E-state index is 12.0. The van der Waals surface area contributed by atoms with Gasteiger partial charge in [0, 0.05) is 11.3 Å². The first-order valence-electron chi connectivity index (χ1n) is 8.79. The maximum absolute atomic E-state index is 12.0. The summed E-state index contributed by atoms with van der Waals surface area (Å²) in [6.07, 6.45) is 2.75. The van der Waals surface area contributed by atoms with Crippen molar-refractivity contribution in [3.8, 4) is 11.5 Å². The molecule has 0 aliphatic rings. The predicted octanol–water partition coefficient (Wildman–Crippen LogP) is 3.13. The molecule has 7 heteroatoms. The van der Waals surface area contributed by atoms with Gasteiger partial charge < -0.3 is 14.8 Å². The van der Waals surface area contributed by atoms with Crippen LogP contribution in [0.5, 0.6) is 11.5 Å². The Labute approximate surface area is 164 Å². The molecule has 146 valence electrons. The molecule has 0 atom stereocenters. The van der Waals surface area contributed by atoms with Crippen LogP contribution in [-0.2, 0) is 9.59 Å². The van der Waals surface area contributed by atoms with E-state index < -0.39 is 11.8 Å². The van der Waals surface area contributed by atoms with E-state index in [1.54, 1.807) is 42.5 Å². The fourth-order valence-electron chi connectivity index (χ4n) is 2.23. The summed E-state index contributed by atoms with van der Waals surface area (Å²) in [5.41, 5.74) is 3.61. The molecule has 0 saturated heterocycles. The molecule has 2 amide bonds. The molecule has 0 bridgehead atoms. The van der Waals surface area contributed by atoms with Crippen molar-refractivity contribution in [3.63, 3.8) is 0 Å². The Morgan fingerprint density at radius 1 is 1.07 bits per heavy atom. The van der Waals surface area contributed by atoms with E-state index in [9.17, 15) is 9.59 Å². The molecule has 7 nitrogen and oxygen atoms in total. The first kappa shape index (κ1) is 20.7. The van der Waals surface area contributed by atoms with Crippen molar-refractivity contribution in [2.75, 3.05) is 18.5 Å². The van der Waals surface area contributed by atoms with Crippen LogP contribution in [0.1, 0.15) is 18.9 Å². The maximum Gasteiger partial charge on any atom is 0.249 e. The Hall–Kier alpha value is -3.61. The Balaban J connectivity index is 1.82. The van der Waals surface area contributed by atoms with Crippen LogP contribution in [0, 0.1) is 0 Å². The van der Waals surface area contributed by atoms with Crippen molar-refractivity contribution >= 4 is 23.7 Å². The number of amides is 2. The Kier molecular flexibility index (Phi) is 8.26. The molecule has 0 aliphatic heterocycles. The Morgan fingerprint density at radius 3 is 2.54 bits per heavy atom. The average Bonchev–Trinajstić information content (AvgIpc) is 2.69.